The molecule has 0 N–H and O–H groups in total. The summed E-state index contributed by atoms with van der Waals surface area (Å²) in [5.74, 6) is 0. The monoisotopic (exact) mass is 129 g/mol. The van der Waals surface area contributed by atoms with Crippen LogP contribution in [0.25, 0.3) is 0 Å². The van der Waals surface area contributed by atoms with E-state index in [1.54, 1.807) is 0 Å². The molecule has 0 radical (unpaired) electrons. The van der Waals surface area contributed by atoms with Gasteiger partial charge in [-0.1, -0.05) is 6.92 Å². The van der Waals surface area contributed by atoms with E-state index in [0.29, 0.717) is 10.6 Å². The molecule has 0 spiro atoms. The van der Waals surface area contributed by atoms with E-state index in [1.807, 2.05) is 11.8 Å². The molecule has 0 bridgehead atoms. The lowest BCUT2D eigenvalue weighted by Gasteiger charge is -2.00. The lowest BCUT2D eigenvalue weighted by atomic mass is 10.4. The van der Waals surface area contributed by atoms with Gasteiger partial charge in [-0.2, -0.15) is 0 Å². The van der Waals surface area contributed by atoms with Gasteiger partial charge in [-0.25, -0.2) is 0 Å². The molecule has 0 fully saturated rings. The molecule has 2 unspecified atom stereocenters. The van der Waals surface area contributed by atoms with E-state index in [-0.39, 0.29) is 0 Å². The molecule has 8 heavy (non-hydrogen) atoms. The second kappa shape index (κ2) is 2.53. The second-order valence-corrected chi connectivity index (χ2v) is 3.54. The Balaban J connectivity index is 2.34. The van der Waals surface area contributed by atoms with E-state index in [0.717, 1.165) is 0 Å². The minimum Gasteiger partial charge on any atom is -0.283 e. The molecule has 0 amide bonds. The Bertz CT molecular complexity index is 101. The summed E-state index contributed by atoms with van der Waals surface area (Å²) in [5, 5.41) is 1.21. The van der Waals surface area contributed by atoms with Crippen LogP contribution in [0.5, 0.6) is 0 Å². The molecular formula is C6H11NS. The van der Waals surface area contributed by atoms with Gasteiger partial charge in [0.25, 0.3) is 0 Å². The molecule has 2 heteroatoms. The maximum absolute atomic E-state index is 4.23. The van der Waals surface area contributed by atoms with Crippen LogP contribution in [0.2, 0.25) is 0 Å². The highest BCUT2D eigenvalue weighted by atomic mass is 32.2. The predicted octanol–water partition coefficient (Wildman–Crippen LogP) is 1.93. The highest BCUT2D eigenvalue weighted by molar-refractivity contribution is 8.01. The van der Waals surface area contributed by atoms with E-state index in [4.69, 9.17) is 0 Å². The summed E-state index contributed by atoms with van der Waals surface area (Å²) in [4.78, 5) is 4.23. The largest absolute Gasteiger partial charge is 0.283 e. The van der Waals surface area contributed by atoms with Crippen LogP contribution in [0.15, 0.2) is 4.99 Å². The molecule has 2 atom stereocenters. The summed E-state index contributed by atoms with van der Waals surface area (Å²) in [6, 6.07) is 0. The van der Waals surface area contributed by atoms with Crippen molar-refractivity contribution in [2.75, 3.05) is 0 Å². The van der Waals surface area contributed by atoms with Gasteiger partial charge < -0.3 is 0 Å². The fourth-order valence-corrected chi connectivity index (χ4v) is 1.72. The first-order valence-electron chi connectivity index (χ1n) is 3.01. The summed E-state index contributed by atoms with van der Waals surface area (Å²) < 4.78 is 0. The Hall–Kier alpha value is 0.0200. The predicted molar refractivity (Wildman–Crippen MR) is 39.6 cm³/mol. The minimum atomic E-state index is 0.514. The molecule has 0 aromatic carbocycles. The molecule has 46 valence electrons. The minimum absolute atomic E-state index is 0.514. The lowest BCUT2D eigenvalue weighted by Crippen LogP contribution is -1.96. The van der Waals surface area contributed by atoms with E-state index < -0.39 is 0 Å². The molecule has 1 aliphatic rings. The van der Waals surface area contributed by atoms with Crippen LogP contribution in [-0.2, 0) is 0 Å². The van der Waals surface area contributed by atoms with E-state index in [1.165, 1.54) is 6.42 Å². The quantitative estimate of drug-likeness (QED) is 0.527. The molecule has 0 aromatic heterocycles. The molecule has 1 rings (SSSR count). The van der Waals surface area contributed by atoms with Gasteiger partial charge >= 0.3 is 0 Å². The molecule has 1 heterocycles. The number of thioether (sulfide) groups is 1. The van der Waals surface area contributed by atoms with Crippen molar-refractivity contribution in [1.82, 2.24) is 0 Å². The van der Waals surface area contributed by atoms with E-state index in [9.17, 15) is 0 Å². The van der Waals surface area contributed by atoms with Gasteiger partial charge in [-0.05, 0) is 13.3 Å². The number of hydrogen-bond donors (Lipinski definition) is 0. The number of rotatable bonds is 1. The first-order chi connectivity index (χ1) is 3.83. The molecular weight excluding hydrogens is 118 g/mol. The zero-order valence-electron chi connectivity index (χ0n) is 5.29. The SMILES string of the molecule is CCC1C=NC(C)S1. The van der Waals surface area contributed by atoms with Crippen LogP contribution in [0, 0.1) is 0 Å². The van der Waals surface area contributed by atoms with Gasteiger partial charge in [0.2, 0.25) is 0 Å². The van der Waals surface area contributed by atoms with Crippen molar-refractivity contribution in [2.45, 2.75) is 30.9 Å². The topological polar surface area (TPSA) is 12.4 Å². The van der Waals surface area contributed by atoms with Crippen molar-refractivity contribution in [2.24, 2.45) is 4.99 Å². The highest BCUT2D eigenvalue weighted by Crippen LogP contribution is 2.24. The Labute approximate surface area is 54.6 Å². The first-order valence-corrected chi connectivity index (χ1v) is 3.96. The third kappa shape index (κ3) is 1.25. The van der Waals surface area contributed by atoms with Crippen molar-refractivity contribution < 1.29 is 0 Å². The van der Waals surface area contributed by atoms with Gasteiger partial charge in [0, 0.05) is 11.5 Å². The van der Waals surface area contributed by atoms with Crippen LogP contribution < -0.4 is 0 Å². The van der Waals surface area contributed by atoms with Crippen LogP contribution in [0.4, 0.5) is 0 Å². The average molecular weight is 129 g/mol. The zero-order valence-corrected chi connectivity index (χ0v) is 6.11. The molecule has 0 saturated carbocycles. The van der Waals surface area contributed by atoms with Crippen LogP contribution in [-0.4, -0.2) is 16.8 Å². The van der Waals surface area contributed by atoms with Gasteiger partial charge in [0.05, 0.1) is 5.37 Å². The Kier molecular flexibility index (Phi) is 1.95. The third-order valence-corrected chi connectivity index (χ3v) is 2.56. The summed E-state index contributed by atoms with van der Waals surface area (Å²) in [5.41, 5.74) is 0. The normalized spacial score (nSPS) is 36.2. The first kappa shape index (κ1) is 6.14. The lowest BCUT2D eigenvalue weighted by molar-refractivity contribution is 1.03. The molecule has 0 saturated heterocycles. The van der Waals surface area contributed by atoms with Gasteiger partial charge in [-0.3, -0.25) is 4.99 Å². The molecule has 0 aliphatic carbocycles. The van der Waals surface area contributed by atoms with Crippen molar-refractivity contribution >= 4 is 18.0 Å². The van der Waals surface area contributed by atoms with Gasteiger partial charge in [0.1, 0.15) is 0 Å². The molecule has 1 nitrogen and oxygen atoms in total. The average Bonchev–Trinajstić information content (AvgIpc) is 2.14. The van der Waals surface area contributed by atoms with Crippen molar-refractivity contribution in [3.8, 4) is 0 Å². The van der Waals surface area contributed by atoms with Crippen molar-refractivity contribution in [3.63, 3.8) is 0 Å². The van der Waals surface area contributed by atoms with E-state index >= 15 is 0 Å². The fourth-order valence-electron chi connectivity index (χ4n) is 0.742. The highest BCUT2D eigenvalue weighted by Gasteiger charge is 2.13. The third-order valence-electron chi connectivity index (χ3n) is 1.24. The summed E-state index contributed by atoms with van der Waals surface area (Å²) >= 11 is 1.94. The van der Waals surface area contributed by atoms with Crippen LogP contribution >= 0.6 is 11.8 Å². The summed E-state index contributed by atoms with van der Waals surface area (Å²) in [6.07, 6.45) is 3.29. The second-order valence-electron chi connectivity index (χ2n) is 1.98. The standard InChI is InChI=1S/C6H11NS/c1-3-6-4-7-5(2)8-6/h4-6H,3H2,1-2H3. The van der Waals surface area contributed by atoms with Crippen molar-refractivity contribution in [3.05, 3.63) is 0 Å². The number of hydrogen-bond acceptors (Lipinski definition) is 2. The maximum atomic E-state index is 4.23. The van der Waals surface area contributed by atoms with Crippen LogP contribution in [0.1, 0.15) is 20.3 Å². The number of aliphatic imine (C=N–C) groups is 1. The Morgan fingerprint density at radius 2 is 2.50 bits per heavy atom. The fraction of sp³-hybridized carbons (Fsp3) is 0.833. The maximum Gasteiger partial charge on any atom is 0.0926 e. The van der Waals surface area contributed by atoms with Crippen LogP contribution in [0.3, 0.4) is 0 Å². The Morgan fingerprint density at radius 3 is 2.75 bits per heavy atom. The van der Waals surface area contributed by atoms with E-state index in [2.05, 4.69) is 25.1 Å². The summed E-state index contributed by atoms with van der Waals surface area (Å²) in [6.45, 7) is 4.33. The zero-order chi connectivity index (χ0) is 5.98. The van der Waals surface area contributed by atoms with Gasteiger partial charge in [0.15, 0.2) is 0 Å². The Morgan fingerprint density at radius 1 is 1.75 bits per heavy atom. The number of nitrogens with zero attached hydrogens (tertiary/aromatic N) is 1. The molecule has 0 aromatic rings. The summed E-state index contributed by atoms with van der Waals surface area (Å²) in [7, 11) is 0. The smallest absolute Gasteiger partial charge is 0.0926 e. The van der Waals surface area contributed by atoms with Gasteiger partial charge in [-0.15, -0.1) is 11.8 Å². The van der Waals surface area contributed by atoms with Crippen molar-refractivity contribution in [1.29, 1.82) is 0 Å². The molecule has 1 aliphatic heterocycles.